The van der Waals surface area contributed by atoms with Gasteiger partial charge in [0, 0.05) is 6.92 Å². The standard InChI is InChI=1S/C20H33NO2/c1-14(22)21-18-10-16(4,5)9-17(6,12-18)13-19-11-15(2,3)7-8-20(18,19)23-19/h7-13H2,1-6H3,(H,21,22). The molecule has 1 saturated heterocycles. The van der Waals surface area contributed by atoms with Gasteiger partial charge in [0.15, 0.2) is 0 Å². The topological polar surface area (TPSA) is 41.6 Å². The molecule has 130 valence electrons. The Kier molecular flexibility index (Phi) is 2.75. The Labute approximate surface area is 140 Å². The number of rotatable bonds is 1. The van der Waals surface area contributed by atoms with E-state index < -0.39 is 0 Å². The Hall–Kier alpha value is -0.570. The van der Waals surface area contributed by atoms with Gasteiger partial charge in [-0.3, -0.25) is 4.79 Å². The van der Waals surface area contributed by atoms with Gasteiger partial charge in [0.25, 0.3) is 0 Å². The third-order valence-electron chi connectivity index (χ3n) is 7.30. The first-order valence-electron chi connectivity index (χ1n) is 9.36. The first-order chi connectivity index (χ1) is 10.4. The predicted octanol–water partition coefficient (Wildman–Crippen LogP) is 4.20. The van der Waals surface area contributed by atoms with E-state index in [1.807, 2.05) is 0 Å². The van der Waals surface area contributed by atoms with E-state index >= 15 is 0 Å². The Morgan fingerprint density at radius 2 is 1.57 bits per heavy atom. The third kappa shape index (κ3) is 2.01. The van der Waals surface area contributed by atoms with Gasteiger partial charge in [-0.2, -0.15) is 0 Å². The largest absolute Gasteiger partial charge is 0.360 e. The minimum atomic E-state index is -0.163. The van der Waals surface area contributed by atoms with Crippen LogP contribution in [0.3, 0.4) is 0 Å². The van der Waals surface area contributed by atoms with Crippen LogP contribution in [-0.4, -0.2) is 22.6 Å². The molecule has 1 heterocycles. The predicted molar refractivity (Wildman–Crippen MR) is 91.1 cm³/mol. The van der Waals surface area contributed by atoms with E-state index in [9.17, 15) is 4.79 Å². The number of amides is 1. The molecule has 3 nitrogen and oxygen atoms in total. The average Bonchev–Trinajstić information content (AvgIpc) is 2.90. The van der Waals surface area contributed by atoms with Crippen LogP contribution in [0, 0.1) is 16.2 Å². The second kappa shape index (κ2) is 3.98. The van der Waals surface area contributed by atoms with Crippen molar-refractivity contribution in [1.82, 2.24) is 5.32 Å². The van der Waals surface area contributed by atoms with Gasteiger partial charge in [-0.25, -0.2) is 0 Å². The molecule has 1 amide bonds. The molecule has 0 aromatic heterocycles. The Balaban J connectivity index is 1.82. The maximum Gasteiger partial charge on any atom is 0.217 e. The molecule has 4 atom stereocenters. The zero-order valence-electron chi connectivity index (χ0n) is 15.8. The number of hydrogen-bond donors (Lipinski definition) is 1. The van der Waals surface area contributed by atoms with Crippen LogP contribution in [0.4, 0.5) is 0 Å². The second-order valence-corrected chi connectivity index (χ2v) is 11.2. The van der Waals surface area contributed by atoms with Crippen molar-refractivity contribution in [2.24, 2.45) is 16.2 Å². The van der Waals surface area contributed by atoms with E-state index in [4.69, 9.17) is 4.74 Å². The highest BCUT2D eigenvalue weighted by atomic mass is 16.6. The summed E-state index contributed by atoms with van der Waals surface area (Å²) < 4.78 is 6.71. The third-order valence-corrected chi connectivity index (χ3v) is 7.30. The number of epoxide rings is 1. The molecule has 4 rings (SSSR count). The number of carbonyl (C=O) groups excluding carboxylic acids is 1. The van der Waals surface area contributed by atoms with Crippen molar-refractivity contribution in [2.45, 2.75) is 103 Å². The molecular weight excluding hydrogens is 286 g/mol. The fourth-order valence-electron chi connectivity index (χ4n) is 7.67. The van der Waals surface area contributed by atoms with Gasteiger partial charge in [-0.1, -0.05) is 34.6 Å². The highest BCUT2D eigenvalue weighted by Crippen LogP contribution is 2.77. The molecule has 0 aromatic rings. The van der Waals surface area contributed by atoms with E-state index in [-0.39, 0.29) is 33.5 Å². The quantitative estimate of drug-likeness (QED) is 0.736. The lowest BCUT2D eigenvalue weighted by Gasteiger charge is -2.61. The van der Waals surface area contributed by atoms with Gasteiger partial charge in [0.1, 0.15) is 11.2 Å². The number of fused-ring (bicyclic) bond motifs is 2. The molecule has 3 saturated carbocycles. The molecular formula is C20H33NO2. The van der Waals surface area contributed by atoms with E-state index in [0.717, 1.165) is 25.7 Å². The molecule has 4 fully saturated rings. The minimum absolute atomic E-state index is 0.0146. The summed E-state index contributed by atoms with van der Waals surface area (Å²) in [5, 5.41) is 3.45. The van der Waals surface area contributed by atoms with Crippen molar-refractivity contribution in [2.75, 3.05) is 0 Å². The molecule has 4 unspecified atom stereocenters. The molecule has 1 aliphatic heterocycles. The van der Waals surface area contributed by atoms with Crippen molar-refractivity contribution in [3.05, 3.63) is 0 Å². The summed E-state index contributed by atoms with van der Waals surface area (Å²) in [4.78, 5) is 12.1. The lowest BCUT2D eigenvalue weighted by atomic mass is 9.43. The Bertz CT molecular complexity index is 578. The van der Waals surface area contributed by atoms with Crippen LogP contribution >= 0.6 is 0 Å². The van der Waals surface area contributed by atoms with Crippen LogP contribution < -0.4 is 5.32 Å². The molecule has 4 aliphatic rings. The van der Waals surface area contributed by atoms with Crippen molar-refractivity contribution < 1.29 is 9.53 Å². The van der Waals surface area contributed by atoms with Crippen molar-refractivity contribution >= 4 is 5.91 Å². The summed E-state index contributed by atoms with van der Waals surface area (Å²) in [5.74, 6) is 0.107. The highest BCUT2D eigenvalue weighted by molar-refractivity contribution is 5.74. The molecule has 0 radical (unpaired) electrons. The van der Waals surface area contributed by atoms with Crippen LogP contribution in [0.2, 0.25) is 0 Å². The second-order valence-electron chi connectivity index (χ2n) is 11.2. The fraction of sp³-hybridized carbons (Fsp3) is 0.950. The highest BCUT2D eigenvalue weighted by Gasteiger charge is 2.85. The molecule has 3 aliphatic carbocycles. The van der Waals surface area contributed by atoms with Crippen LogP contribution in [0.1, 0.15) is 86.5 Å². The van der Waals surface area contributed by atoms with Crippen LogP contribution in [0.5, 0.6) is 0 Å². The SMILES string of the molecule is CC(=O)NC12CC(C)(C)CC(C)(C1)CC13CC(C)(C)CCC21O3. The maximum absolute atomic E-state index is 12.1. The van der Waals surface area contributed by atoms with E-state index in [1.54, 1.807) is 6.92 Å². The van der Waals surface area contributed by atoms with E-state index in [1.165, 1.54) is 19.3 Å². The fourth-order valence-corrected chi connectivity index (χ4v) is 7.67. The zero-order chi connectivity index (χ0) is 16.9. The molecule has 2 bridgehead atoms. The normalized spacial score (nSPS) is 52.1. The lowest BCUT2D eigenvalue weighted by molar-refractivity contribution is -0.128. The van der Waals surface area contributed by atoms with Crippen LogP contribution in [-0.2, 0) is 9.53 Å². The first-order valence-corrected chi connectivity index (χ1v) is 9.36. The molecule has 23 heavy (non-hydrogen) atoms. The molecule has 1 N–H and O–H groups in total. The lowest BCUT2D eigenvalue weighted by Crippen LogP contribution is -2.71. The number of hydrogen-bond acceptors (Lipinski definition) is 2. The van der Waals surface area contributed by atoms with E-state index in [2.05, 4.69) is 39.9 Å². The molecule has 0 aromatic carbocycles. The maximum atomic E-state index is 12.1. The number of ether oxygens (including phenoxy) is 1. The van der Waals surface area contributed by atoms with E-state index in [0.29, 0.717) is 5.41 Å². The van der Waals surface area contributed by atoms with Gasteiger partial charge >= 0.3 is 0 Å². The summed E-state index contributed by atoms with van der Waals surface area (Å²) in [6, 6.07) is 0. The van der Waals surface area contributed by atoms with Crippen molar-refractivity contribution in [3.8, 4) is 0 Å². The van der Waals surface area contributed by atoms with Crippen molar-refractivity contribution in [3.63, 3.8) is 0 Å². The zero-order valence-corrected chi connectivity index (χ0v) is 15.8. The van der Waals surface area contributed by atoms with Gasteiger partial charge in [0.2, 0.25) is 5.91 Å². The Morgan fingerprint density at radius 3 is 2.22 bits per heavy atom. The molecule has 0 spiro atoms. The number of nitrogens with one attached hydrogen (secondary N) is 1. The summed E-state index contributed by atoms with van der Waals surface area (Å²) in [5.41, 5.74) is 0.644. The van der Waals surface area contributed by atoms with Crippen LogP contribution in [0.25, 0.3) is 0 Å². The monoisotopic (exact) mass is 319 g/mol. The van der Waals surface area contributed by atoms with Gasteiger partial charge in [-0.15, -0.1) is 0 Å². The van der Waals surface area contributed by atoms with Crippen molar-refractivity contribution in [1.29, 1.82) is 0 Å². The van der Waals surface area contributed by atoms with Crippen LogP contribution in [0.15, 0.2) is 0 Å². The molecule has 3 heteroatoms. The van der Waals surface area contributed by atoms with Gasteiger partial charge in [-0.05, 0) is 61.2 Å². The summed E-state index contributed by atoms with van der Waals surface area (Å²) >= 11 is 0. The minimum Gasteiger partial charge on any atom is -0.360 e. The summed E-state index contributed by atoms with van der Waals surface area (Å²) in [7, 11) is 0. The summed E-state index contributed by atoms with van der Waals surface area (Å²) in [6.07, 6.45) is 8.01. The van der Waals surface area contributed by atoms with Gasteiger partial charge < -0.3 is 10.1 Å². The first kappa shape index (κ1) is 15.9. The van der Waals surface area contributed by atoms with Gasteiger partial charge in [0.05, 0.1) is 5.54 Å². The average molecular weight is 319 g/mol. The summed E-state index contributed by atoms with van der Waals surface area (Å²) in [6.45, 7) is 13.6. The smallest absolute Gasteiger partial charge is 0.217 e. The Morgan fingerprint density at radius 1 is 0.870 bits per heavy atom. The number of carbonyl (C=O) groups is 1.